The molecule has 1 N–H and O–H groups in total. The molecule has 244 valence electrons. The van der Waals surface area contributed by atoms with Gasteiger partial charge in [-0.1, -0.05) is 18.2 Å². The number of nitriles is 1. The van der Waals surface area contributed by atoms with Crippen molar-refractivity contribution in [3.63, 3.8) is 0 Å². The number of ether oxygens (including phenoxy) is 3. The molecule has 47 heavy (non-hydrogen) atoms. The summed E-state index contributed by atoms with van der Waals surface area (Å²) >= 11 is 0. The number of hydrogen-bond acceptors (Lipinski definition) is 7. The van der Waals surface area contributed by atoms with Crippen LogP contribution in [-0.2, 0) is 29.0 Å². The van der Waals surface area contributed by atoms with E-state index >= 15 is 13.2 Å². The zero-order valence-electron chi connectivity index (χ0n) is 26.2. The molecule has 5 aromatic rings. The van der Waals surface area contributed by atoms with Gasteiger partial charge in [0.1, 0.15) is 24.1 Å². The van der Waals surface area contributed by atoms with Crippen LogP contribution in [0.5, 0.6) is 5.88 Å². The van der Waals surface area contributed by atoms with Gasteiger partial charge in [-0.05, 0) is 57.2 Å². The van der Waals surface area contributed by atoms with Crippen LogP contribution in [0.3, 0.4) is 0 Å². The zero-order chi connectivity index (χ0) is 33.9. The SMILES string of the molecule is COCCn1c(Cc2cc(F)c(-c3cccc(OCc4ccc(C#N)cc4F)n3)c(F)c2F)nc2ccc(C(O)OC(C)(C)C)cc21. The van der Waals surface area contributed by atoms with Crippen molar-refractivity contribution >= 4 is 11.0 Å². The number of benzene rings is 3. The third-order valence-corrected chi connectivity index (χ3v) is 7.24. The van der Waals surface area contributed by atoms with Crippen molar-refractivity contribution in [1.29, 1.82) is 5.26 Å². The number of aliphatic hydroxyl groups is 1. The van der Waals surface area contributed by atoms with Crippen molar-refractivity contribution in [2.75, 3.05) is 13.7 Å². The fraction of sp³-hybridized carbons (Fsp3) is 0.286. The Hall–Kier alpha value is -4.83. The molecule has 5 rings (SSSR count). The molecule has 1 unspecified atom stereocenters. The lowest BCUT2D eigenvalue weighted by Crippen LogP contribution is -2.22. The highest BCUT2D eigenvalue weighted by Crippen LogP contribution is 2.32. The number of pyridine rings is 1. The maximum Gasteiger partial charge on any atom is 0.214 e. The van der Waals surface area contributed by atoms with Gasteiger partial charge < -0.3 is 23.9 Å². The molecule has 0 fully saturated rings. The molecule has 8 nitrogen and oxygen atoms in total. The van der Waals surface area contributed by atoms with E-state index in [0.29, 0.717) is 29.0 Å². The van der Waals surface area contributed by atoms with E-state index in [1.807, 2.05) is 26.8 Å². The van der Waals surface area contributed by atoms with Gasteiger partial charge in [-0.15, -0.1) is 0 Å². The topological polar surface area (TPSA) is 102 Å². The van der Waals surface area contributed by atoms with Crippen LogP contribution in [0.1, 0.15) is 55.1 Å². The maximum atomic E-state index is 15.6. The van der Waals surface area contributed by atoms with Crippen molar-refractivity contribution < 1.29 is 36.9 Å². The summed E-state index contributed by atoms with van der Waals surface area (Å²) in [5.41, 5.74) is 0.114. The molecule has 0 aliphatic heterocycles. The highest BCUT2D eigenvalue weighted by atomic mass is 19.2. The number of aliphatic hydroxyl groups excluding tert-OH is 1. The molecule has 0 spiro atoms. The smallest absolute Gasteiger partial charge is 0.214 e. The number of hydrogen-bond donors (Lipinski definition) is 1. The summed E-state index contributed by atoms with van der Waals surface area (Å²) in [6.45, 7) is 5.76. The first-order valence-electron chi connectivity index (χ1n) is 14.7. The second kappa shape index (κ2) is 13.9. The summed E-state index contributed by atoms with van der Waals surface area (Å²) in [7, 11) is 1.52. The first kappa shape index (κ1) is 33.5. The normalized spacial score (nSPS) is 12.3. The van der Waals surface area contributed by atoms with Crippen molar-refractivity contribution in [3.05, 3.63) is 112 Å². The molecule has 0 aliphatic carbocycles. The predicted octanol–water partition coefficient (Wildman–Crippen LogP) is 7.15. The Balaban J connectivity index is 1.43. The van der Waals surface area contributed by atoms with Crippen LogP contribution in [0.2, 0.25) is 0 Å². The highest BCUT2D eigenvalue weighted by Gasteiger charge is 2.24. The van der Waals surface area contributed by atoms with Crippen LogP contribution in [-0.4, -0.2) is 39.0 Å². The van der Waals surface area contributed by atoms with E-state index in [0.717, 1.165) is 12.1 Å². The molecule has 0 amide bonds. The molecule has 3 aromatic carbocycles. The fourth-order valence-electron chi connectivity index (χ4n) is 5.01. The molecule has 2 aromatic heterocycles. The number of nitrogens with zero attached hydrogens (tertiary/aromatic N) is 4. The zero-order valence-corrected chi connectivity index (χ0v) is 26.2. The van der Waals surface area contributed by atoms with E-state index in [1.54, 1.807) is 22.8 Å². The fourth-order valence-corrected chi connectivity index (χ4v) is 5.01. The number of halogens is 4. The number of imidazole rings is 1. The third-order valence-electron chi connectivity index (χ3n) is 7.24. The lowest BCUT2D eigenvalue weighted by molar-refractivity contribution is -0.169. The van der Waals surface area contributed by atoms with Crippen molar-refractivity contribution in [2.45, 2.75) is 52.2 Å². The van der Waals surface area contributed by atoms with Gasteiger partial charge >= 0.3 is 0 Å². The number of methoxy groups -OCH3 is 1. The highest BCUT2D eigenvalue weighted by molar-refractivity contribution is 5.77. The monoisotopic (exact) mass is 648 g/mol. The predicted molar refractivity (Wildman–Crippen MR) is 165 cm³/mol. The van der Waals surface area contributed by atoms with Gasteiger partial charge in [0.2, 0.25) is 5.88 Å². The number of rotatable bonds is 11. The second-order valence-corrected chi connectivity index (χ2v) is 11.8. The van der Waals surface area contributed by atoms with Crippen LogP contribution < -0.4 is 4.74 Å². The summed E-state index contributed by atoms with van der Waals surface area (Å²) in [5, 5.41) is 19.5. The van der Waals surface area contributed by atoms with Gasteiger partial charge in [0.05, 0.1) is 46.1 Å². The van der Waals surface area contributed by atoms with E-state index < -0.39 is 40.7 Å². The third kappa shape index (κ3) is 7.60. The minimum absolute atomic E-state index is 0.0706. The second-order valence-electron chi connectivity index (χ2n) is 11.8. The molecular weight excluding hydrogens is 616 g/mol. The minimum Gasteiger partial charge on any atom is -0.473 e. The van der Waals surface area contributed by atoms with Gasteiger partial charge in [-0.3, -0.25) is 0 Å². The Morgan fingerprint density at radius 2 is 1.72 bits per heavy atom. The number of aromatic nitrogens is 3. The van der Waals surface area contributed by atoms with Crippen LogP contribution in [0.4, 0.5) is 17.6 Å². The molecule has 2 heterocycles. The van der Waals surface area contributed by atoms with Gasteiger partial charge in [0, 0.05) is 42.8 Å². The van der Waals surface area contributed by atoms with E-state index in [9.17, 15) is 9.50 Å². The molecule has 1 atom stereocenters. The number of fused-ring (bicyclic) bond motifs is 1. The molecule has 0 saturated carbocycles. The Bertz CT molecular complexity index is 1970. The van der Waals surface area contributed by atoms with Crippen molar-refractivity contribution in [2.24, 2.45) is 0 Å². The van der Waals surface area contributed by atoms with E-state index in [2.05, 4.69) is 9.97 Å². The van der Waals surface area contributed by atoms with Gasteiger partial charge in [0.25, 0.3) is 0 Å². The Labute approximate surface area is 268 Å². The standard InChI is InChI=1S/C35H32F4N4O4/c1-35(2,3)47-34(44)21-10-11-26-28(16-21)43(12-13-45-4)29(41-26)17-23-15-25(37)31(33(39)32(23)38)27-6-5-7-30(42-27)46-19-22-9-8-20(18-40)14-24(22)36/h5-11,14-16,34,44H,12-13,17,19H2,1-4H3. The minimum atomic E-state index is -1.44. The lowest BCUT2D eigenvalue weighted by Gasteiger charge is -2.24. The summed E-state index contributed by atoms with van der Waals surface area (Å²) in [6.07, 6.45) is -1.46. The summed E-state index contributed by atoms with van der Waals surface area (Å²) in [6, 6.07) is 15.8. The van der Waals surface area contributed by atoms with Crippen LogP contribution in [0.15, 0.2) is 60.7 Å². The van der Waals surface area contributed by atoms with Crippen molar-refractivity contribution in [1.82, 2.24) is 14.5 Å². The Morgan fingerprint density at radius 3 is 2.43 bits per heavy atom. The summed E-state index contributed by atoms with van der Waals surface area (Å²) in [4.78, 5) is 8.71. The van der Waals surface area contributed by atoms with E-state index in [4.69, 9.17) is 19.5 Å². The average Bonchev–Trinajstić information content (AvgIpc) is 3.37. The summed E-state index contributed by atoms with van der Waals surface area (Å²) in [5.74, 6) is -4.15. The summed E-state index contributed by atoms with van der Waals surface area (Å²) < 4.78 is 79.1. The van der Waals surface area contributed by atoms with Gasteiger partial charge in [-0.25, -0.2) is 27.5 Å². The van der Waals surface area contributed by atoms with Crippen LogP contribution >= 0.6 is 0 Å². The first-order valence-corrected chi connectivity index (χ1v) is 14.7. The molecule has 0 bridgehead atoms. The quantitative estimate of drug-likeness (QED) is 0.0922. The molecule has 0 radical (unpaired) electrons. The lowest BCUT2D eigenvalue weighted by atomic mass is 10.0. The molecule has 12 heteroatoms. The first-order chi connectivity index (χ1) is 22.4. The van der Waals surface area contributed by atoms with Gasteiger partial charge in [-0.2, -0.15) is 5.26 Å². The molecule has 0 saturated heterocycles. The molecular formula is C35H32F4N4O4. The van der Waals surface area contributed by atoms with Crippen LogP contribution in [0, 0.1) is 34.6 Å². The Kier molecular flexibility index (Phi) is 9.91. The molecule has 0 aliphatic rings. The largest absolute Gasteiger partial charge is 0.473 e. The average molecular weight is 649 g/mol. The van der Waals surface area contributed by atoms with E-state index in [1.165, 1.54) is 37.4 Å². The Morgan fingerprint density at radius 1 is 0.936 bits per heavy atom. The van der Waals surface area contributed by atoms with E-state index in [-0.39, 0.29) is 47.9 Å². The van der Waals surface area contributed by atoms with Gasteiger partial charge in [0.15, 0.2) is 17.9 Å². The maximum absolute atomic E-state index is 15.6. The van der Waals surface area contributed by atoms with Crippen molar-refractivity contribution in [3.8, 4) is 23.2 Å². The van der Waals surface area contributed by atoms with Crippen LogP contribution in [0.25, 0.3) is 22.3 Å².